The standard InChI is InChI=1S/C19H22ClNO3/c1-2-21(10-11-22)19(24)13-16(14-6-4-3-5-7-14)17-12-15(20)8-9-18(17)23/h3-9,12,16,22-23H,2,10-11,13H2,1H3. The van der Waals surface area contributed by atoms with Gasteiger partial charge in [-0.3, -0.25) is 4.79 Å². The first-order valence-electron chi connectivity index (χ1n) is 7.98. The third kappa shape index (κ3) is 4.49. The molecule has 0 spiro atoms. The van der Waals surface area contributed by atoms with E-state index >= 15 is 0 Å². The van der Waals surface area contributed by atoms with Crippen molar-refractivity contribution in [3.8, 4) is 5.75 Å². The van der Waals surface area contributed by atoms with Crippen LogP contribution >= 0.6 is 11.6 Å². The van der Waals surface area contributed by atoms with E-state index in [1.807, 2.05) is 37.3 Å². The van der Waals surface area contributed by atoms with Gasteiger partial charge >= 0.3 is 0 Å². The Bertz CT molecular complexity index is 676. The van der Waals surface area contributed by atoms with E-state index in [1.54, 1.807) is 23.1 Å². The predicted molar refractivity (Wildman–Crippen MR) is 95.4 cm³/mol. The van der Waals surface area contributed by atoms with Crippen LogP contribution in [0.1, 0.15) is 30.4 Å². The third-order valence-corrected chi connectivity index (χ3v) is 4.29. The van der Waals surface area contributed by atoms with Gasteiger partial charge in [-0.2, -0.15) is 0 Å². The average molecular weight is 348 g/mol. The minimum atomic E-state index is -0.301. The molecule has 128 valence electrons. The van der Waals surface area contributed by atoms with Gasteiger partial charge in [0.1, 0.15) is 5.75 Å². The van der Waals surface area contributed by atoms with Crippen molar-refractivity contribution < 1.29 is 15.0 Å². The Morgan fingerprint density at radius 1 is 1.21 bits per heavy atom. The van der Waals surface area contributed by atoms with E-state index in [2.05, 4.69) is 0 Å². The van der Waals surface area contributed by atoms with Gasteiger partial charge in [-0.25, -0.2) is 0 Å². The van der Waals surface area contributed by atoms with Gasteiger partial charge in [0.25, 0.3) is 0 Å². The molecule has 2 rings (SSSR count). The molecular formula is C19H22ClNO3. The molecule has 2 aromatic rings. The van der Waals surface area contributed by atoms with Crippen molar-refractivity contribution in [2.75, 3.05) is 19.7 Å². The lowest BCUT2D eigenvalue weighted by molar-refractivity contribution is -0.131. The first kappa shape index (κ1) is 18.3. The van der Waals surface area contributed by atoms with Crippen molar-refractivity contribution in [3.05, 3.63) is 64.7 Å². The first-order valence-corrected chi connectivity index (χ1v) is 8.36. The molecule has 2 N–H and O–H groups in total. The summed E-state index contributed by atoms with van der Waals surface area (Å²) < 4.78 is 0. The van der Waals surface area contributed by atoms with Gasteiger partial charge in [0.2, 0.25) is 5.91 Å². The molecule has 0 aliphatic heterocycles. The SMILES string of the molecule is CCN(CCO)C(=O)CC(c1ccccc1)c1cc(Cl)ccc1O. The second-order valence-electron chi connectivity index (χ2n) is 5.57. The Morgan fingerprint density at radius 3 is 2.54 bits per heavy atom. The Labute approximate surface area is 147 Å². The highest BCUT2D eigenvalue weighted by atomic mass is 35.5. The van der Waals surface area contributed by atoms with Crippen LogP contribution < -0.4 is 0 Å². The van der Waals surface area contributed by atoms with Crippen molar-refractivity contribution >= 4 is 17.5 Å². The van der Waals surface area contributed by atoms with Gasteiger partial charge in [-0.05, 0) is 30.7 Å². The number of rotatable bonds is 7. The van der Waals surface area contributed by atoms with E-state index in [4.69, 9.17) is 16.7 Å². The van der Waals surface area contributed by atoms with Crippen LogP contribution in [0.25, 0.3) is 0 Å². The van der Waals surface area contributed by atoms with Crippen LogP contribution in [0.15, 0.2) is 48.5 Å². The number of phenolic OH excluding ortho intramolecular Hbond substituents is 1. The van der Waals surface area contributed by atoms with Crippen LogP contribution in [-0.2, 0) is 4.79 Å². The van der Waals surface area contributed by atoms with E-state index in [0.29, 0.717) is 23.7 Å². The molecule has 5 heteroatoms. The van der Waals surface area contributed by atoms with Crippen molar-refractivity contribution in [2.45, 2.75) is 19.3 Å². The lowest BCUT2D eigenvalue weighted by Gasteiger charge is -2.24. The second-order valence-corrected chi connectivity index (χ2v) is 6.00. The van der Waals surface area contributed by atoms with Gasteiger partial charge in [-0.15, -0.1) is 0 Å². The maximum Gasteiger partial charge on any atom is 0.223 e. The van der Waals surface area contributed by atoms with Crippen LogP contribution in [-0.4, -0.2) is 40.7 Å². The number of aliphatic hydroxyl groups is 1. The number of amides is 1. The molecule has 0 bridgehead atoms. The van der Waals surface area contributed by atoms with Crippen molar-refractivity contribution in [3.63, 3.8) is 0 Å². The number of phenols is 1. The maximum absolute atomic E-state index is 12.6. The van der Waals surface area contributed by atoms with Gasteiger partial charge in [0.15, 0.2) is 0 Å². The predicted octanol–water partition coefficient (Wildman–Crippen LogP) is 3.41. The minimum absolute atomic E-state index is 0.0696. The Balaban J connectivity index is 2.37. The zero-order valence-corrected chi connectivity index (χ0v) is 14.4. The van der Waals surface area contributed by atoms with Gasteiger partial charge < -0.3 is 15.1 Å². The number of carbonyl (C=O) groups excluding carboxylic acids is 1. The molecule has 0 aromatic heterocycles. The van der Waals surface area contributed by atoms with Crippen LogP contribution in [0.3, 0.4) is 0 Å². The highest BCUT2D eigenvalue weighted by Gasteiger charge is 2.23. The number of hydrogen-bond acceptors (Lipinski definition) is 3. The quantitative estimate of drug-likeness (QED) is 0.806. The molecule has 4 nitrogen and oxygen atoms in total. The van der Waals surface area contributed by atoms with Gasteiger partial charge in [0.05, 0.1) is 6.61 Å². The first-order chi connectivity index (χ1) is 11.6. The molecule has 1 unspecified atom stereocenters. The molecule has 1 amide bonds. The molecule has 0 saturated heterocycles. The fraction of sp³-hybridized carbons (Fsp3) is 0.316. The molecule has 0 aliphatic carbocycles. The minimum Gasteiger partial charge on any atom is -0.508 e. The zero-order chi connectivity index (χ0) is 17.5. The fourth-order valence-electron chi connectivity index (χ4n) is 2.78. The van der Waals surface area contributed by atoms with E-state index in [9.17, 15) is 9.90 Å². The number of aromatic hydroxyl groups is 1. The summed E-state index contributed by atoms with van der Waals surface area (Å²) in [5, 5.41) is 19.9. The smallest absolute Gasteiger partial charge is 0.223 e. The Kier molecular flexibility index (Phi) is 6.64. The summed E-state index contributed by atoms with van der Waals surface area (Å²) in [7, 11) is 0. The number of aliphatic hydroxyl groups excluding tert-OH is 1. The average Bonchev–Trinajstić information content (AvgIpc) is 2.60. The molecular weight excluding hydrogens is 326 g/mol. The Morgan fingerprint density at radius 2 is 1.92 bits per heavy atom. The summed E-state index contributed by atoms with van der Waals surface area (Å²) >= 11 is 6.08. The van der Waals surface area contributed by atoms with Crippen LogP contribution in [0, 0.1) is 0 Å². The van der Waals surface area contributed by atoms with E-state index in [1.165, 1.54) is 0 Å². The monoisotopic (exact) mass is 347 g/mol. The number of nitrogens with zero attached hydrogens (tertiary/aromatic N) is 1. The highest BCUT2D eigenvalue weighted by molar-refractivity contribution is 6.30. The van der Waals surface area contributed by atoms with E-state index in [-0.39, 0.29) is 30.6 Å². The number of carbonyl (C=O) groups is 1. The van der Waals surface area contributed by atoms with Gasteiger partial charge in [-0.1, -0.05) is 41.9 Å². The molecule has 1 atom stereocenters. The van der Waals surface area contributed by atoms with E-state index < -0.39 is 0 Å². The van der Waals surface area contributed by atoms with Crippen LogP contribution in [0.4, 0.5) is 0 Å². The summed E-state index contributed by atoms with van der Waals surface area (Å²) in [6.07, 6.45) is 0.200. The van der Waals surface area contributed by atoms with Crippen LogP contribution in [0.5, 0.6) is 5.75 Å². The van der Waals surface area contributed by atoms with Crippen molar-refractivity contribution in [2.24, 2.45) is 0 Å². The number of halogens is 1. The number of likely N-dealkylation sites (N-methyl/N-ethyl adjacent to an activating group) is 1. The lowest BCUT2D eigenvalue weighted by atomic mass is 9.87. The summed E-state index contributed by atoms with van der Waals surface area (Å²) in [5.41, 5.74) is 1.56. The van der Waals surface area contributed by atoms with Gasteiger partial charge in [0, 0.05) is 36.0 Å². The summed E-state index contributed by atoms with van der Waals surface area (Å²) in [6.45, 7) is 2.64. The maximum atomic E-state index is 12.6. The topological polar surface area (TPSA) is 60.8 Å². The molecule has 0 aliphatic rings. The lowest BCUT2D eigenvalue weighted by Crippen LogP contribution is -2.34. The molecule has 0 heterocycles. The highest BCUT2D eigenvalue weighted by Crippen LogP contribution is 2.35. The Hall–Kier alpha value is -2.04. The third-order valence-electron chi connectivity index (χ3n) is 4.05. The molecule has 24 heavy (non-hydrogen) atoms. The summed E-state index contributed by atoms with van der Waals surface area (Å²) in [6, 6.07) is 14.4. The number of benzene rings is 2. The largest absolute Gasteiger partial charge is 0.508 e. The van der Waals surface area contributed by atoms with Crippen molar-refractivity contribution in [1.29, 1.82) is 0 Å². The number of hydrogen-bond donors (Lipinski definition) is 2. The zero-order valence-electron chi connectivity index (χ0n) is 13.7. The van der Waals surface area contributed by atoms with Crippen molar-refractivity contribution in [1.82, 2.24) is 4.90 Å². The second kappa shape index (κ2) is 8.71. The molecule has 2 aromatic carbocycles. The molecule has 0 radical (unpaired) electrons. The van der Waals surface area contributed by atoms with E-state index in [0.717, 1.165) is 5.56 Å². The summed E-state index contributed by atoms with van der Waals surface area (Å²) in [4.78, 5) is 14.2. The normalized spacial score (nSPS) is 12.0. The van der Waals surface area contributed by atoms with Crippen LogP contribution in [0.2, 0.25) is 5.02 Å². The molecule has 0 saturated carbocycles. The fourth-order valence-corrected chi connectivity index (χ4v) is 2.96. The summed E-state index contributed by atoms with van der Waals surface area (Å²) in [5.74, 6) is -0.254. The molecule has 0 fully saturated rings.